The van der Waals surface area contributed by atoms with E-state index in [2.05, 4.69) is 33.8 Å². The molecule has 21 heteroatoms. The molecule has 2 heterocycles. The van der Waals surface area contributed by atoms with Gasteiger partial charge in [0, 0.05) is 0 Å². The topological polar surface area (TPSA) is 64.6 Å². The summed E-state index contributed by atoms with van der Waals surface area (Å²) < 4.78 is 186. The lowest BCUT2D eigenvalue weighted by molar-refractivity contribution is -0.585. The molecule has 0 N–H and O–H groups in total. The molecule has 2 aliphatic heterocycles. The largest absolute Gasteiger partial charge is 0.485 e. The average molecular weight is 474 g/mol. The fraction of sp³-hybridized carbons (Fsp3) is 1.00. The van der Waals surface area contributed by atoms with Crippen molar-refractivity contribution in [2.75, 3.05) is 0 Å². The lowest BCUT2D eigenvalue weighted by Crippen LogP contribution is -2.60. The molecule has 0 aromatic heterocycles. The molecule has 0 saturated carbocycles. The molecule has 0 amide bonds. The van der Waals surface area contributed by atoms with Crippen LogP contribution >= 0.6 is 0 Å². The quantitative estimate of drug-likeness (QED) is 0.446. The maximum atomic E-state index is 13.8. The Balaban J connectivity index is 2.33. The molecule has 2 aliphatic rings. The fourth-order valence-electron chi connectivity index (χ4n) is 1.59. The zero-order valence-corrected chi connectivity index (χ0v) is 12.1. The van der Waals surface area contributed by atoms with E-state index in [0.717, 1.165) is 0 Å². The standard InChI is InChI=1S/C8F14O7/c9-3(10,11)1(4(12,13)14)23-7(21,28-26-1)25-8(22)24-2(27-29-8,5(15,16)17)6(18,19)20. The Bertz CT molecular complexity index is 556. The SMILES string of the molecule is FC1(OC2(F)OOC(C(F)(F)F)(C(F)(F)F)O2)OOC(C(F)(F)F)(C(F)(F)F)O1. The molecule has 0 bridgehead atoms. The third-order valence-electron chi connectivity index (χ3n) is 2.78. The van der Waals surface area contributed by atoms with Gasteiger partial charge in [-0.2, -0.15) is 62.5 Å². The van der Waals surface area contributed by atoms with Crippen LogP contribution in [-0.2, 0) is 33.8 Å². The monoisotopic (exact) mass is 474 g/mol. The average Bonchev–Trinajstić information content (AvgIpc) is 2.96. The van der Waals surface area contributed by atoms with Crippen molar-refractivity contribution in [2.45, 2.75) is 48.7 Å². The second-order valence-electron chi connectivity index (χ2n) is 4.83. The molecule has 29 heavy (non-hydrogen) atoms. The van der Waals surface area contributed by atoms with Gasteiger partial charge < -0.3 is 0 Å². The second kappa shape index (κ2) is 6.13. The molecule has 0 aromatic rings. The third-order valence-corrected chi connectivity index (χ3v) is 2.78. The van der Waals surface area contributed by atoms with Crippen molar-refractivity contribution in [1.29, 1.82) is 0 Å². The van der Waals surface area contributed by atoms with E-state index >= 15 is 0 Å². The number of alkyl halides is 14. The van der Waals surface area contributed by atoms with Gasteiger partial charge in [-0.25, -0.2) is 14.2 Å². The van der Waals surface area contributed by atoms with Crippen LogP contribution in [0.3, 0.4) is 0 Å². The first-order valence-corrected chi connectivity index (χ1v) is 6.02. The van der Waals surface area contributed by atoms with Gasteiger partial charge in [0.15, 0.2) is 0 Å². The van der Waals surface area contributed by atoms with Crippen molar-refractivity contribution in [1.82, 2.24) is 0 Å². The molecular weight excluding hydrogens is 474 g/mol. The minimum absolute atomic E-state index is 2.59. The van der Waals surface area contributed by atoms with Crippen molar-refractivity contribution in [3.05, 3.63) is 0 Å². The predicted molar refractivity (Wildman–Crippen MR) is 45.0 cm³/mol. The van der Waals surface area contributed by atoms with Gasteiger partial charge in [0.1, 0.15) is 0 Å². The zero-order valence-electron chi connectivity index (χ0n) is 12.1. The summed E-state index contributed by atoms with van der Waals surface area (Å²) >= 11 is 0. The summed E-state index contributed by atoms with van der Waals surface area (Å²) in [5.41, 5.74) is 0. The Labute approximate surface area is 145 Å². The van der Waals surface area contributed by atoms with Gasteiger partial charge in [0.05, 0.1) is 0 Å². The Hall–Kier alpha value is -1.26. The fourth-order valence-corrected chi connectivity index (χ4v) is 1.59. The van der Waals surface area contributed by atoms with E-state index < -0.39 is 48.7 Å². The van der Waals surface area contributed by atoms with E-state index in [-0.39, 0.29) is 0 Å². The summed E-state index contributed by atoms with van der Waals surface area (Å²) in [6, 6.07) is 0. The van der Waals surface area contributed by atoms with E-state index in [9.17, 15) is 61.5 Å². The maximum absolute atomic E-state index is 13.8. The van der Waals surface area contributed by atoms with Crippen molar-refractivity contribution >= 4 is 0 Å². The third kappa shape index (κ3) is 3.67. The lowest BCUT2D eigenvalue weighted by Gasteiger charge is -2.30. The zero-order chi connectivity index (χ0) is 22.9. The van der Waals surface area contributed by atoms with Crippen LogP contribution in [0, 0.1) is 0 Å². The molecule has 172 valence electrons. The minimum Gasteiger partial charge on any atom is -0.245 e. The van der Waals surface area contributed by atoms with Crippen molar-refractivity contribution in [3.63, 3.8) is 0 Å². The molecule has 2 fully saturated rings. The van der Waals surface area contributed by atoms with Crippen LogP contribution in [0.25, 0.3) is 0 Å². The highest BCUT2D eigenvalue weighted by Crippen LogP contribution is 2.57. The smallest absolute Gasteiger partial charge is 0.245 e. The Morgan fingerprint density at radius 1 is 0.448 bits per heavy atom. The minimum atomic E-state index is -6.75. The van der Waals surface area contributed by atoms with Gasteiger partial charge in [-0.15, -0.1) is 18.6 Å². The molecule has 2 saturated heterocycles. The van der Waals surface area contributed by atoms with Crippen LogP contribution in [0.15, 0.2) is 0 Å². The molecule has 2 atom stereocenters. The summed E-state index contributed by atoms with van der Waals surface area (Å²) in [5, 5.41) is 0. The lowest BCUT2D eigenvalue weighted by atomic mass is 10.2. The second-order valence-corrected chi connectivity index (χ2v) is 4.83. The first-order chi connectivity index (χ1) is 12.5. The molecule has 2 unspecified atom stereocenters. The van der Waals surface area contributed by atoms with E-state index in [1.165, 1.54) is 0 Å². The number of hydrogen-bond acceptors (Lipinski definition) is 7. The van der Waals surface area contributed by atoms with Gasteiger partial charge in [-0.1, -0.05) is 0 Å². The van der Waals surface area contributed by atoms with E-state index in [1.54, 1.807) is 0 Å². The number of halogens is 14. The van der Waals surface area contributed by atoms with Crippen LogP contribution < -0.4 is 0 Å². The normalized spacial score (nSPS) is 33.3. The first kappa shape index (κ1) is 24.0. The van der Waals surface area contributed by atoms with E-state index in [0.29, 0.717) is 0 Å². The molecule has 0 aliphatic carbocycles. The predicted octanol–water partition coefficient (Wildman–Crippen LogP) is 3.76. The van der Waals surface area contributed by atoms with Crippen molar-refractivity contribution in [2.24, 2.45) is 0 Å². The molecule has 0 radical (unpaired) electrons. The van der Waals surface area contributed by atoms with Crippen LogP contribution in [0.2, 0.25) is 0 Å². The van der Waals surface area contributed by atoms with Crippen LogP contribution in [-0.4, -0.2) is 48.7 Å². The van der Waals surface area contributed by atoms with Gasteiger partial charge in [-0.05, 0) is 0 Å². The number of hydrogen-bond donors (Lipinski definition) is 0. The van der Waals surface area contributed by atoms with Crippen molar-refractivity contribution < 1.29 is 95.2 Å². The van der Waals surface area contributed by atoms with Crippen LogP contribution in [0.5, 0.6) is 0 Å². The molecule has 7 nitrogen and oxygen atoms in total. The highest BCUT2D eigenvalue weighted by atomic mass is 19.4. The Morgan fingerprint density at radius 2 is 0.690 bits per heavy atom. The summed E-state index contributed by atoms with van der Waals surface area (Å²) in [5.74, 6) is -12.1. The molecule has 0 aromatic carbocycles. The summed E-state index contributed by atoms with van der Waals surface area (Å²) in [6.45, 7) is 0. The maximum Gasteiger partial charge on any atom is 0.485 e. The molecule has 0 spiro atoms. The van der Waals surface area contributed by atoms with E-state index in [1.807, 2.05) is 0 Å². The highest BCUT2D eigenvalue weighted by Gasteiger charge is 2.86. The van der Waals surface area contributed by atoms with Gasteiger partial charge in [0.25, 0.3) is 0 Å². The first-order valence-electron chi connectivity index (χ1n) is 6.02. The van der Waals surface area contributed by atoms with Gasteiger partial charge in [0.2, 0.25) is 0 Å². The van der Waals surface area contributed by atoms with Crippen LogP contribution in [0.4, 0.5) is 61.5 Å². The Kier molecular flexibility index (Phi) is 5.08. The summed E-state index contributed by atoms with van der Waals surface area (Å²) in [7, 11) is 0. The summed E-state index contributed by atoms with van der Waals surface area (Å²) in [6.07, 6.45) is -38.2. The number of rotatable bonds is 2. The van der Waals surface area contributed by atoms with E-state index in [4.69, 9.17) is 0 Å². The van der Waals surface area contributed by atoms with Gasteiger partial charge >= 0.3 is 48.7 Å². The Morgan fingerprint density at radius 3 is 0.862 bits per heavy atom. The molecular formula is C8F14O7. The number of ether oxygens (including phenoxy) is 3. The van der Waals surface area contributed by atoms with Gasteiger partial charge in [-0.3, -0.25) is 0 Å². The highest BCUT2D eigenvalue weighted by molar-refractivity contribution is 4.90. The van der Waals surface area contributed by atoms with Crippen molar-refractivity contribution in [3.8, 4) is 0 Å². The summed E-state index contributed by atoms with van der Waals surface area (Å²) in [4.78, 5) is 10.6. The molecule has 2 rings (SSSR count). The van der Waals surface area contributed by atoms with Crippen LogP contribution in [0.1, 0.15) is 0 Å².